The standard InChI is InChI=1S/C15H21O4/c1-13-4-10-5-14(7-13,11(16)18-2)9-15(6-10,8-13)12(17)19-3/h10H,1,4-9H2,2-3H3. The number of carbonyl (C=O) groups excluding carboxylic acids is 2. The first-order valence-electron chi connectivity index (χ1n) is 6.89. The molecule has 0 spiro atoms. The second-order valence-corrected chi connectivity index (χ2v) is 7.05. The van der Waals surface area contributed by atoms with Gasteiger partial charge in [0.25, 0.3) is 0 Å². The lowest BCUT2D eigenvalue weighted by atomic mass is 9.40. The van der Waals surface area contributed by atoms with E-state index < -0.39 is 10.8 Å². The molecule has 0 aromatic rings. The Hall–Kier alpha value is -1.06. The third-order valence-corrected chi connectivity index (χ3v) is 5.42. The summed E-state index contributed by atoms with van der Waals surface area (Å²) in [7, 11) is 2.86. The first kappa shape index (κ1) is 12.9. The normalized spacial score (nSPS) is 47.0. The van der Waals surface area contributed by atoms with Gasteiger partial charge in [0, 0.05) is 0 Å². The van der Waals surface area contributed by atoms with E-state index in [4.69, 9.17) is 9.47 Å². The molecule has 0 N–H and O–H groups in total. The van der Waals surface area contributed by atoms with E-state index >= 15 is 0 Å². The first-order valence-corrected chi connectivity index (χ1v) is 6.89. The predicted molar refractivity (Wildman–Crippen MR) is 67.9 cm³/mol. The van der Waals surface area contributed by atoms with Crippen molar-refractivity contribution in [1.29, 1.82) is 0 Å². The lowest BCUT2D eigenvalue weighted by Gasteiger charge is -2.63. The molecular formula is C15H21O4. The Morgan fingerprint density at radius 1 is 0.947 bits per heavy atom. The molecule has 4 aliphatic carbocycles. The fourth-order valence-electron chi connectivity index (χ4n) is 5.53. The molecule has 2 atom stereocenters. The summed E-state index contributed by atoms with van der Waals surface area (Å²) >= 11 is 0. The number of ether oxygens (including phenoxy) is 2. The maximum absolute atomic E-state index is 12.3. The minimum atomic E-state index is -0.510. The number of esters is 2. The van der Waals surface area contributed by atoms with Gasteiger partial charge < -0.3 is 9.47 Å². The molecule has 4 bridgehead atoms. The highest BCUT2D eigenvalue weighted by Gasteiger charge is 2.67. The molecule has 0 saturated heterocycles. The van der Waals surface area contributed by atoms with Gasteiger partial charge in [-0.2, -0.15) is 0 Å². The van der Waals surface area contributed by atoms with Crippen LogP contribution in [0.5, 0.6) is 0 Å². The van der Waals surface area contributed by atoms with Crippen molar-refractivity contribution < 1.29 is 19.1 Å². The summed E-state index contributed by atoms with van der Waals surface area (Å²) in [5.41, 5.74) is -1.18. The van der Waals surface area contributed by atoms with Crippen molar-refractivity contribution in [3.05, 3.63) is 6.92 Å². The molecule has 0 aliphatic heterocycles. The highest BCUT2D eigenvalue weighted by atomic mass is 16.5. The van der Waals surface area contributed by atoms with E-state index in [0.717, 1.165) is 32.1 Å². The summed E-state index contributed by atoms with van der Waals surface area (Å²) in [4.78, 5) is 24.5. The molecule has 0 amide bonds. The number of methoxy groups -OCH3 is 2. The van der Waals surface area contributed by atoms with Crippen LogP contribution in [-0.4, -0.2) is 26.2 Å². The quantitative estimate of drug-likeness (QED) is 0.718. The van der Waals surface area contributed by atoms with E-state index in [1.807, 2.05) is 0 Å². The molecular weight excluding hydrogens is 244 g/mol. The van der Waals surface area contributed by atoms with E-state index in [-0.39, 0.29) is 17.4 Å². The monoisotopic (exact) mass is 265 g/mol. The van der Waals surface area contributed by atoms with E-state index in [1.54, 1.807) is 0 Å². The van der Waals surface area contributed by atoms with Crippen molar-refractivity contribution >= 4 is 11.9 Å². The fourth-order valence-corrected chi connectivity index (χ4v) is 5.53. The fraction of sp³-hybridized carbons (Fsp3) is 0.800. The maximum atomic E-state index is 12.3. The number of rotatable bonds is 2. The van der Waals surface area contributed by atoms with Crippen LogP contribution < -0.4 is 0 Å². The van der Waals surface area contributed by atoms with Crippen LogP contribution in [0, 0.1) is 29.1 Å². The van der Waals surface area contributed by atoms with Gasteiger partial charge in [0.1, 0.15) is 0 Å². The molecule has 4 aliphatic rings. The van der Waals surface area contributed by atoms with E-state index in [1.165, 1.54) is 14.2 Å². The smallest absolute Gasteiger partial charge is 0.311 e. The molecule has 4 nitrogen and oxygen atoms in total. The van der Waals surface area contributed by atoms with Crippen LogP contribution in [0.3, 0.4) is 0 Å². The molecule has 4 heteroatoms. The summed E-state index contributed by atoms with van der Waals surface area (Å²) in [6.07, 6.45) is 4.78. The minimum absolute atomic E-state index is 0.165. The molecule has 105 valence electrons. The maximum Gasteiger partial charge on any atom is 0.311 e. The van der Waals surface area contributed by atoms with Gasteiger partial charge in [-0.1, -0.05) is 0 Å². The Morgan fingerprint density at radius 2 is 1.42 bits per heavy atom. The second-order valence-electron chi connectivity index (χ2n) is 7.05. The van der Waals surface area contributed by atoms with Crippen molar-refractivity contribution in [3.8, 4) is 0 Å². The van der Waals surface area contributed by atoms with Crippen molar-refractivity contribution in [3.63, 3.8) is 0 Å². The van der Waals surface area contributed by atoms with Gasteiger partial charge in [-0.3, -0.25) is 9.59 Å². The summed E-state index contributed by atoms with van der Waals surface area (Å²) in [6, 6.07) is 0. The molecule has 4 fully saturated rings. The van der Waals surface area contributed by atoms with Crippen molar-refractivity contribution in [1.82, 2.24) is 0 Å². The van der Waals surface area contributed by atoms with E-state index in [2.05, 4.69) is 6.92 Å². The van der Waals surface area contributed by atoms with Crippen molar-refractivity contribution in [2.24, 2.45) is 22.2 Å². The van der Waals surface area contributed by atoms with Crippen LogP contribution in [0.25, 0.3) is 0 Å². The molecule has 0 aromatic heterocycles. The van der Waals surface area contributed by atoms with Crippen LogP contribution in [0.2, 0.25) is 0 Å². The van der Waals surface area contributed by atoms with Gasteiger partial charge in [-0.15, -0.1) is 0 Å². The van der Waals surface area contributed by atoms with Crippen LogP contribution in [0.1, 0.15) is 38.5 Å². The summed E-state index contributed by atoms with van der Waals surface area (Å²) < 4.78 is 10.0. The molecule has 4 rings (SSSR count). The Labute approximate surface area is 113 Å². The van der Waals surface area contributed by atoms with Crippen LogP contribution in [0.4, 0.5) is 0 Å². The highest BCUT2D eigenvalue weighted by molar-refractivity contribution is 5.83. The summed E-state index contributed by atoms with van der Waals surface area (Å²) in [5, 5.41) is 0. The number of hydrogen-bond acceptors (Lipinski definition) is 4. The average Bonchev–Trinajstić information content (AvgIpc) is 2.33. The molecule has 0 aromatic carbocycles. The van der Waals surface area contributed by atoms with E-state index in [0.29, 0.717) is 12.3 Å². The van der Waals surface area contributed by atoms with Gasteiger partial charge >= 0.3 is 11.9 Å². The zero-order valence-corrected chi connectivity index (χ0v) is 11.7. The Kier molecular flexibility index (Phi) is 2.55. The Balaban J connectivity index is 2.04. The molecule has 4 saturated carbocycles. The van der Waals surface area contributed by atoms with Crippen molar-refractivity contribution in [2.45, 2.75) is 38.5 Å². The van der Waals surface area contributed by atoms with Crippen LogP contribution >= 0.6 is 0 Å². The number of hydrogen-bond donors (Lipinski definition) is 0. The predicted octanol–water partition coefficient (Wildman–Crippen LogP) is 2.12. The average molecular weight is 265 g/mol. The van der Waals surface area contributed by atoms with Crippen LogP contribution in [-0.2, 0) is 19.1 Å². The SMILES string of the molecule is [CH2]C12CC3CC(C(=O)OC)(C1)CC(C(=O)OC)(C3)C2. The Morgan fingerprint density at radius 3 is 1.79 bits per heavy atom. The molecule has 0 heterocycles. The largest absolute Gasteiger partial charge is 0.469 e. The second kappa shape index (κ2) is 3.74. The molecule has 19 heavy (non-hydrogen) atoms. The first-order chi connectivity index (χ1) is 8.87. The zero-order valence-electron chi connectivity index (χ0n) is 11.7. The lowest BCUT2D eigenvalue weighted by Crippen LogP contribution is -2.61. The van der Waals surface area contributed by atoms with Gasteiger partial charge in [-0.05, 0) is 56.8 Å². The summed E-state index contributed by atoms with van der Waals surface area (Å²) in [6.45, 7) is 4.34. The molecule has 1 radical (unpaired) electrons. The summed E-state index contributed by atoms with van der Waals surface area (Å²) in [5.74, 6) is 0.0581. The topological polar surface area (TPSA) is 52.6 Å². The lowest BCUT2D eigenvalue weighted by molar-refractivity contribution is -0.199. The zero-order chi connectivity index (χ0) is 13.9. The van der Waals surface area contributed by atoms with Crippen LogP contribution in [0.15, 0.2) is 0 Å². The Bertz CT molecular complexity index is 409. The van der Waals surface area contributed by atoms with Gasteiger partial charge in [0.05, 0.1) is 25.0 Å². The van der Waals surface area contributed by atoms with E-state index in [9.17, 15) is 9.59 Å². The van der Waals surface area contributed by atoms with Gasteiger partial charge in [0.15, 0.2) is 0 Å². The highest BCUT2D eigenvalue weighted by Crippen LogP contribution is 2.70. The van der Waals surface area contributed by atoms with Gasteiger partial charge in [0.2, 0.25) is 0 Å². The molecule has 2 unspecified atom stereocenters. The minimum Gasteiger partial charge on any atom is -0.469 e. The van der Waals surface area contributed by atoms with Gasteiger partial charge in [-0.25, -0.2) is 0 Å². The number of carbonyl (C=O) groups is 2. The third-order valence-electron chi connectivity index (χ3n) is 5.42. The third kappa shape index (κ3) is 1.65. The van der Waals surface area contributed by atoms with Crippen molar-refractivity contribution in [2.75, 3.05) is 14.2 Å².